The third kappa shape index (κ3) is 4.12. The summed E-state index contributed by atoms with van der Waals surface area (Å²) in [6, 6.07) is 12.5. The highest BCUT2D eigenvalue weighted by atomic mass is 35.5. The van der Waals surface area contributed by atoms with Gasteiger partial charge in [-0.3, -0.25) is 9.78 Å². The van der Waals surface area contributed by atoms with Crippen molar-refractivity contribution in [1.29, 1.82) is 0 Å². The van der Waals surface area contributed by atoms with Gasteiger partial charge in [0.05, 0.1) is 21.7 Å². The van der Waals surface area contributed by atoms with Crippen LogP contribution >= 0.6 is 22.9 Å². The molecule has 0 fully saturated rings. The number of benzene rings is 3. The summed E-state index contributed by atoms with van der Waals surface area (Å²) in [5.41, 5.74) is -1.19. The standard InChI is InChI=1S/C25H12ClF5N2O2S/c26-17-7-6-15(25(29,30)31)10-20(17)33-23(34)21-16(11-36-22(21)32-24(33)35)13-3-1-12(2-4-13)14-5-8-18(27)19(28)9-14/h1-11H,(H,32,35). The molecule has 36 heavy (non-hydrogen) atoms. The molecule has 3 aromatic carbocycles. The van der Waals surface area contributed by atoms with Gasteiger partial charge in [0.2, 0.25) is 0 Å². The van der Waals surface area contributed by atoms with Crippen molar-refractivity contribution >= 4 is 33.2 Å². The second-order valence-electron chi connectivity index (χ2n) is 7.79. The van der Waals surface area contributed by atoms with Gasteiger partial charge < -0.3 is 0 Å². The van der Waals surface area contributed by atoms with Gasteiger partial charge >= 0.3 is 11.9 Å². The number of thiophene rings is 1. The molecule has 0 radical (unpaired) electrons. The van der Waals surface area contributed by atoms with Crippen LogP contribution in [0.15, 0.2) is 75.6 Å². The van der Waals surface area contributed by atoms with Crippen LogP contribution in [0, 0.1) is 11.6 Å². The lowest BCUT2D eigenvalue weighted by molar-refractivity contribution is -0.137. The average molecular weight is 535 g/mol. The summed E-state index contributed by atoms with van der Waals surface area (Å²) in [4.78, 5) is 28.9. The lowest BCUT2D eigenvalue weighted by atomic mass is 10.0. The topological polar surface area (TPSA) is 54.9 Å². The summed E-state index contributed by atoms with van der Waals surface area (Å²) in [5, 5.41) is 1.52. The predicted molar refractivity (Wildman–Crippen MR) is 129 cm³/mol. The van der Waals surface area contributed by atoms with Gasteiger partial charge in [-0.2, -0.15) is 13.2 Å². The van der Waals surface area contributed by atoms with Crippen molar-refractivity contribution in [3.8, 4) is 27.9 Å². The van der Waals surface area contributed by atoms with E-state index in [1.807, 2.05) is 0 Å². The summed E-state index contributed by atoms with van der Waals surface area (Å²) in [7, 11) is 0. The highest BCUT2D eigenvalue weighted by Crippen LogP contribution is 2.34. The van der Waals surface area contributed by atoms with Crippen molar-refractivity contribution in [3.63, 3.8) is 0 Å². The van der Waals surface area contributed by atoms with Gasteiger partial charge in [-0.1, -0.05) is 41.9 Å². The third-order valence-electron chi connectivity index (χ3n) is 5.59. The Hall–Kier alpha value is -3.76. The maximum atomic E-state index is 13.6. The Balaban J connectivity index is 1.65. The predicted octanol–water partition coefficient (Wildman–Crippen LogP) is 7.02. The van der Waals surface area contributed by atoms with E-state index in [2.05, 4.69) is 4.98 Å². The molecule has 0 saturated carbocycles. The van der Waals surface area contributed by atoms with E-state index >= 15 is 0 Å². The zero-order valence-electron chi connectivity index (χ0n) is 17.8. The number of fused-ring (bicyclic) bond motifs is 1. The summed E-state index contributed by atoms with van der Waals surface area (Å²) in [6.45, 7) is 0. The van der Waals surface area contributed by atoms with E-state index in [1.165, 1.54) is 6.07 Å². The molecule has 0 bridgehead atoms. The summed E-state index contributed by atoms with van der Waals surface area (Å²) < 4.78 is 67.2. The number of aromatic amines is 1. The van der Waals surface area contributed by atoms with Crippen molar-refractivity contribution in [1.82, 2.24) is 9.55 Å². The Morgan fingerprint density at radius 2 is 1.50 bits per heavy atom. The van der Waals surface area contributed by atoms with E-state index in [4.69, 9.17) is 11.6 Å². The molecule has 0 spiro atoms. The quantitative estimate of drug-likeness (QED) is 0.253. The van der Waals surface area contributed by atoms with Crippen molar-refractivity contribution in [2.24, 2.45) is 0 Å². The lowest BCUT2D eigenvalue weighted by Crippen LogP contribution is -2.33. The molecule has 0 saturated heterocycles. The van der Waals surface area contributed by atoms with E-state index < -0.39 is 40.3 Å². The van der Waals surface area contributed by atoms with E-state index in [9.17, 15) is 31.5 Å². The van der Waals surface area contributed by atoms with Crippen molar-refractivity contribution < 1.29 is 22.0 Å². The first-order valence-electron chi connectivity index (χ1n) is 10.2. The number of hydrogen-bond donors (Lipinski definition) is 1. The molecule has 0 aliphatic rings. The van der Waals surface area contributed by atoms with E-state index in [0.29, 0.717) is 32.9 Å². The van der Waals surface area contributed by atoms with Crippen LogP contribution < -0.4 is 11.2 Å². The number of H-pyrrole nitrogens is 1. The van der Waals surface area contributed by atoms with Crippen LogP contribution in [0.25, 0.3) is 38.2 Å². The van der Waals surface area contributed by atoms with E-state index in [-0.39, 0.29) is 15.2 Å². The molecule has 2 aromatic heterocycles. The van der Waals surface area contributed by atoms with E-state index in [0.717, 1.165) is 35.6 Å². The molecular formula is C25H12ClF5N2O2S. The molecule has 0 aliphatic heterocycles. The summed E-state index contributed by atoms with van der Waals surface area (Å²) >= 11 is 7.16. The fourth-order valence-electron chi connectivity index (χ4n) is 3.83. The number of alkyl halides is 3. The fourth-order valence-corrected chi connectivity index (χ4v) is 4.98. The zero-order valence-corrected chi connectivity index (χ0v) is 19.4. The smallest absolute Gasteiger partial charge is 0.298 e. The normalized spacial score (nSPS) is 11.8. The van der Waals surface area contributed by atoms with Crippen LogP contribution in [0.3, 0.4) is 0 Å². The number of nitrogens with zero attached hydrogens (tertiary/aromatic N) is 1. The Kier molecular flexibility index (Phi) is 5.80. The highest BCUT2D eigenvalue weighted by molar-refractivity contribution is 7.17. The van der Waals surface area contributed by atoms with Crippen LogP contribution in [-0.4, -0.2) is 9.55 Å². The molecule has 11 heteroatoms. The first-order valence-corrected chi connectivity index (χ1v) is 11.5. The fraction of sp³-hybridized carbons (Fsp3) is 0.0400. The second kappa shape index (κ2) is 8.72. The van der Waals surface area contributed by atoms with Crippen LogP contribution in [0.5, 0.6) is 0 Å². The highest BCUT2D eigenvalue weighted by Gasteiger charge is 2.31. The molecule has 4 nitrogen and oxygen atoms in total. The Bertz CT molecular complexity index is 1750. The number of nitrogens with one attached hydrogen (secondary N) is 1. The van der Waals surface area contributed by atoms with Gasteiger partial charge in [0, 0.05) is 10.9 Å². The van der Waals surface area contributed by atoms with Crippen molar-refractivity contribution in [3.05, 3.63) is 109 Å². The van der Waals surface area contributed by atoms with Gasteiger partial charge in [-0.25, -0.2) is 18.1 Å². The molecule has 0 amide bonds. The maximum Gasteiger partial charge on any atom is 0.416 e. The lowest BCUT2D eigenvalue weighted by Gasteiger charge is -2.12. The Morgan fingerprint density at radius 1 is 0.833 bits per heavy atom. The minimum Gasteiger partial charge on any atom is -0.298 e. The second-order valence-corrected chi connectivity index (χ2v) is 9.08. The largest absolute Gasteiger partial charge is 0.416 e. The molecular weight excluding hydrogens is 523 g/mol. The van der Waals surface area contributed by atoms with Crippen LogP contribution in [0.2, 0.25) is 5.02 Å². The van der Waals surface area contributed by atoms with Gasteiger partial charge in [0.1, 0.15) is 4.83 Å². The first kappa shape index (κ1) is 24.0. The molecule has 0 unspecified atom stereocenters. The first-order chi connectivity index (χ1) is 17.0. The van der Waals surface area contributed by atoms with Crippen LogP contribution in [0.1, 0.15) is 5.56 Å². The minimum atomic E-state index is -4.71. The van der Waals surface area contributed by atoms with Crippen molar-refractivity contribution in [2.45, 2.75) is 6.18 Å². The van der Waals surface area contributed by atoms with E-state index in [1.54, 1.807) is 29.6 Å². The molecule has 0 atom stereocenters. The molecule has 182 valence electrons. The van der Waals surface area contributed by atoms with Gasteiger partial charge in [0.25, 0.3) is 5.56 Å². The zero-order chi connectivity index (χ0) is 25.8. The van der Waals surface area contributed by atoms with Gasteiger partial charge in [-0.05, 0) is 47.0 Å². The van der Waals surface area contributed by atoms with Crippen LogP contribution in [0.4, 0.5) is 22.0 Å². The maximum absolute atomic E-state index is 13.6. The van der Waals surface area contributed by atoms with Crippen molar-refractivity contribution in [2.75, 3.05) is 0 Å². The Labute approximate surface area is 207 Å². The minimum absolute atomic E-state index is 0.0913. The SMILES string of the molecule is O=c1[nH]c2scc(-c3ccc(-c4ccc(F)c(F)c4)cc3)c2c(=O)n1-c1cc(C(F)(F)F)ccc1Cl. The molecule has 1 N–H and O–H groups in total. The third-order valence-corrected chi connectivity index (χ3v) is 6.81. The monoisotopic (exact) mass is 534 g/mol. The molecule has 2 heterocycles. The summed E-state index contributed by atoms with van der Waals surface area (Å²) in [5.74, 6) is -1.95. The van der Waals surface area contributed by atoms with Crippen LogP contribution in [-0.2, 0) is 6.18 Å². The number of hydrogen-bond acceptors (Lipinski definition) is 3. The number of rotatable bonds is 3. The van der Waals surface area contributed by atoms with Gasteiger partial charge in [-0.15, -0.1) is 11.3 Å². The number of halogens is 6. The number of aromatic nitrogens is 2. The molecule has 5 aromatic rings. The van der Waals surface area contributed by atoms with Gasteiger partial charge in [0.15, 0.2) is 11.6 Å². The molecule has 5 rings (SSSR count). The average Bonchev–Trinajstić information content (AvgIpc) is 3.25. The summed E-state index contributed by atoms with van der Waals surface area (Å²) in [6.07, 6.45) is -4.71. The molecule has 0 aliphatic carbocycles. The Morgan fingerprint density at radius 3 is 2.17 bits per heavy atom.